The van der Waals surface area contributed by atoms with Crippen LogP contribution in [0, 0.1) is 0 Å². The first-order valence-electron chi connectivity index (χ1n) is 5.17. The highest BCUT2D eigenvalue weighted by molar-refractivity contribution is 7.08. The van der Waals surface area contributed by atoms with Crippen molar-refractivity contribution in [3.8, 4) is 0 Å². The summed E-state index contributed by atoms with van der Waals surface area (Å²) in [7, 11) is 0. The fourth-order valence-electron chi connectivity index (χ4n) is 1.08. The molecule has 1 aromatic rings. The number of nitrogens with one attached hydrogen (secondary N) is 1. The zero-order chi connectivity index (χ0) is 12.9. The van der Waals surface area contributed by atoms with E-state index in [9.17, 15) is 4.79 Å². The van der Waals surface area contributed by atoms with Crippen LogP contribution in [0.25, 0.3) is 0 Å². The minimum Gasteiger partial charge on any atom is -0.384 e. The molecule has 94 valence electrons. The molecule has 0 saturated carbocycles. The van der Waals surface area contributed by atoms with E-state index in [-0.39, 0.29) is 23.9 Å². The van der Waals surface area contributed by atoms with Gasteiger partial charge in [0.15, 0.2) is 12.4 Å². The van der Waals surface area contributed by atoms with E-state index >= 15 is 0 Å². The molecule has 0 radical (unpaired) electrons. The van der Waals surface area contributed by atoms with E-state index in [1.807, 2.05) is 37.6 Å². The number of rotatable bonds is 4. The average Bonchev–Trinajstić information content (AvgIpc) is 2.66. The monoisotopic (exact) mass is 255 g/mol. The summed E-state index contributed by atoms with van der Waals surface area (Å²) in [6.07, 6.45) is 0. The molecule has 17 heavy (non-hydrogen) atoms. The minimum atomic E-state index is -0.275. The molecule has 0 bridgehead atoms. The zero-order valence-electron chi connectivity index (χ0n) is 10.2. The maximum Gasteiger partial charge on any atom is 0.261 e. The van der Waals surface area contributed by atoms with Gasteiger partial charge in [-0.3, -0.25) is 4.79 Å². The van der Waals surface area contributed by atoms with Crippen LogP contribution in [0.2, 0.25) is 0 Å². The Morgan fingerprint density at radius 1 is 1.59 bits per heavy atom. The van der Waals surface area contributed by atoms with Crippen LogP contribution in [0.1, 0.15) is 26.3 Å². The molecule has 0 aliphatic rings. The molecule has 6 heteroatoms. The Morgan fingerprint density at radius 2 is 2.29 bits per heavy atom. The van der Waals surface area contributed by atoms with Gasteiger partial charge in [0.2, 0.25) is 0 Å². The number of nitrogens with two attached hydrogens (primary N) is 1. The number of hydrogen-bond donors (Lipinski definition) is 2. The third-order valence-corrected chi connectivity index (χ3v) is 2.37. The lowest BCUT2D eigenvalue weighted by atomic mass is 10.1. The fraction of sp³-hybridized carbons (Fsp3) is 0.455. The van der Waals surface area contributed by atoms with Crippen molar-refractivity contribution in [2.45, 2.75) is 26.3 Å². The first-order valence-corrected chi connectivity index (χ1v) is 6.12. The van der Waals surface area contributed by atoms with Crippen LogP contribution in [0.5, 0.6) is 0 Å². The van der Waals surface area contributed by atoms with Crippen LogP contribution < -0.4 is 11.1 Å². The van der Waals surface area contributed by atoms with Gasteiger partial charge in [-0.15, -0.1) is 0 Å². The molecule has 0 spiro atoms. The molecule has 0 atom stereocenters. The molecule has 0 aliphatic heterocycles. The van der Waals surface area contributed by atoms with E-state index in [2.05, 4.69) is 10.5 Å². The highest BCUT2D eigenvalue weighted by Gasteiger charge is 2.13. The van der Waals surface area contributed by atoms with Gasteiger partial charge in [-0.2, -0.15) is 11.3 Å². The molecule has 1 heterocycles. The molecule has 0 aromatic carbocycles. The maximum atomic E-state index is 11.4. The van der Waals surface area contributed by atoms with Crippen LogP contribution in [0.3, 0.4) is 0 Å². The predicted molar refractivity (Wildman–Crippen MR) is 68.9 cm³/mol. The van der Waals surface area contributed by atoms with E-state index in [1.54, 1.807) is 0 Å². The minimum absolute atomic E-state index is 0.137. The van der Waals surface area contributed by atoms with Gasteiger partial charge in [-0.1, -0.05) is 5.16 Å². The number of amidine groups is 1. The summed E-state index contributed by atoms with van der Waals surface area (Å²) in [6, 6.07) is 1.84. The van der Waals surface area contributed by atoms with Gasteiger partial charge in [-0.25, -0.2) is 0 Å². The molecule has 0 unspecified atom stereocenters. The molecule has 1 aromatic heterocycles. The van der Waals surface area contributed by atoms with Crippen molar-refractivity contribution in [2.75, 3.05) is 6.61 Å². The molecular formula is C11H17N3O2S. The summed E-state index contributed by atoms with van der Waals surface area (Å²) in [5, 5.41) is 10.2. The predicted octanol–water partition coefficient (Wildman–Crippen LogP) is 1.30. The summed E-state index contributed by atoms with van der Waals surface area (Å²) in [4.78, 5) is 16.3. The lowest BCUT2D eigenvalue weighted by Crippen LogP contribution is -2.42. The number of carbonyl (C=O) groups excluding carboxylic acids is 1. The second kappa shape index (κ2) is 5.67. The summed E-state index contributed by atoms with van der Waals surface area (Å²) < 4.78 is 0. The number of oxime groups is 1. The molecule has 0 aliphatic carbocycles. The van der Waals surface area contributed by atoms with Crippen molar-refractivity contribution in [1.29, 1.82) is 0 Å². The van der Waals surface area contributed by atoms with Crippen molar-refractivity contribution < 1.29 is 9.63 Å². The number of amides is 1. The fourth-order valence-corrected chi connectivity index (χ4v) is 1.73. The van der Waals surface area contributed by atoms with Gasteiger partial charge in [0, 0.05) is 16.5 Å². The van der Waals surface area contributed by atoms with E-state index in [0.29, 0.717) is 0 Å². The zero-order valence-corrected chi connectivity index (χ0v) is 11.0. The molecule has 3 N–H and O–H groups in total. The Kier molecular flexibility index (Phi) is 4.51. The second-order valence-electron chi connectivity index (χ2n) is 4.56. The SMILES string of the molecule is CC(C)(C)NC(=O)CO/N=C(\N)c1ccsc1. The summed E-state index contributed by atoms with van der Waals surface area (Å²) in [6.45, 7) is 5.55. The van der Waals surface area contributed by atoms with Gasteiger partial charge >= 0.3 is 0 Å². The lowest BCUT2D eigenvalue weighted by molar-refractivity contribution is -0.127. The Bertz CT molecular complexity index is 393. The Labute approximate surface area is 105 Å². The third kappa shape index (κ3) is 5.35. The summed E-state index contributed by atoms with van der Waals surface area (Å²) in [5.41, 5.74) is 6.18. The molecule has 1 rings (SSSR count). The molecule has 5 nitrogen and oxygen atoms in total. The summed E-state index contributed by atoms with van der Waals surface area (Å²) >= 11 is 1.52. The standard InChI is InChI=1S/C11H17N3O2S/c1-11(2,3)13-9(15)6-16-14-10(12)8-4-5-17-7-8/h4-5,7H,6H2,1-3H3,(H2,12,14)(H,13,15). The third-order valence-electron chi connectivity index (χ3n) is 1.69. The lowest BCUT2D eigenvalue weighted by Gasteiger charge is -2.19. The summed E-state index contributed by atoms with van der Waals surface area (Å²) in [5.74, 6) is 0.0502. The number of hydrogen-bond acceptors (Lipinski definition) is 4. The highest BCUT2D eigenvalue weighted by atomic mass is 32.1. The van der Waals surface area contributed by atoms with Gasteiger partial charge < -0.3 is 15.9 Å². The van der Waals surface area contributed by atoms with E-state index < -0.39 is 0 Å². The Morgan fingerprint density at radius 3 is 2.82 bits per heavy atom. The molecule has 0 saturated heterocycles. The van der Waals surface area contributed by atoms with Crippen LogP contribution in [-0.2, 0) is 9.63 Å². The average molecular weight is 255 g/mol. The van der Waals surface area contributed by atoms with Gasteiger partial charge in [0.1, 0.15) is 0 Å². The van der Waals surface area contributed by atoms with Crippen molar-refractivity contribution in [1.82, 2.24) is 5.32 Å². The molecule has 0 fully saturated rings. The second-order valence-corrected chi connectivity index (χ2v) is 5.34. The van der Waals surface area contributed by atoms with E-state index in [4.69, 9.17) is 10.6 Å². The van der Waals surface area contributed by atoms with E-state index in [0.717, 1.165) is 5.56 Å². The van der Waals surface area contributed by atoms with Gasteiger partial charge in [-0.05, 0) is 32.2 Å². The maximum absolute atomic E-state index is 11.4. The van der Waals surface area contributed by atoms with Gasteiger partial charge in [0.05, 0.1) is 0 Å². The topological polar surface area (TPSA) is 76.7 Å². The number of nitrogens with zero attached hydrogens (tertiary/aromatic N) is 1. The Hall–Kier alpha value is -1.56. The number of thiophene rings is 1. The van der Waals surface area contributed by atoms with Crippen LogP contribution in [0.4, 0.5) is 0 Å². The Balaban J connectivity index is 2.37. The van der Waals surface area contributed by atoms with E-state index in [1.165, 1.54) is 11.3 Å². The van der Waals surface area contributed by atoms with Crippen LogP contribution in [-0.4, -0.2) is 23.9 Å². The van der Waals surface area contributed by atoms with Gasteiger partial charge in [0.25, 0.3) is 5.91 Å². The largest absolute Gasteiger partial charge is 0.384 e. The van der Waals surface area contributed by atoms with Crippen molar-refractivity contribution in [3.05, 3.63) is 22.4 Å². The molecular weight excluding hydrogens is 238 g/mol. The van der Waals surface area contributed by atoms with Crippen LogP contribution in [0.15, 0.2) is 22.0 Å². The normalized spacial score (nSPS) is 12.3. The first kappa shape index (κ1) is 13.5. The van der Waals surface area contributed by atoms with Crippen molar-refractivity contribution in [3.63, 3.8) is 0 Å². The smallest absolute Gasteiger partial charge is 0.261 e. The number of carbonyl (C=O) groups is 1. The van der Waals surface area contributed by atoms with Crippen molar-refractivity contribution in [2.24, 2.45) is 10.9 Å². The molecule has 1 amide bonds. The quantitative estimate of drug-likeness (QED) is 0.483. The first-order chi connectivity index (χ1) is 7.88. The van der Waals surface area contributed by atoms with Crippen LogP contribution >= 0.6 is 11.3 Å². The van der Waals surface area contributed by atoms with Crippen molar-refractivity contribution >= 4 is 23.1 Å². The highest BCUT2D eigenvalue weighted by Crippen LogP contribution is 2.05.